The zero-order chi connectivity index (χ0) is 37.7. The van der Waals surface area contributed by atoms with Gasteiger partial charge in [-0.2, -0.15) is 0 Å². The first-order chi connectivity index (χ1) is 25.5. The van der Waals surface area contributed by atoms with Gasteiger partial charge in [0.05, 0.1) is 24.3 Å². The van der Waals surface area contributed by atoms with Crippen LogP contribution in [0, 0.1) is 0 Å². The molecule has 0 spiro atoms. The lowest BCUT2D eigenvalue weighted by atomic mass is 10.1. The fourth-order valence-corrected chi connectivity index (χ4v) is 6.98. The van der Waals surface area contributed by atoms with Crippen LogP contribution in [-0.2, 0) is 9.47 Å². The van der Waals surface area contributed by atoms with Crippen LogP contribution in [0.4, 0.5) is 0 Å². The molecule has 0 heterocycles. The Balaban J connectivity index is 2.48. The first-order valence-corrected chi connectivity index (χ1v) is 22.4. The van der Waals surface area contributed by atoms with Gasteiger partial charge in [0, 0.05) is 13.1 Å². The van der Waals surface area contributed by atoms with Crippen molar-refractivity contribution in [3.8, 4) is 0 Å². The molecule has 52 heavy (non-hydrogen) atoms. The Morgan fingerprint density at radius 1 is 0.404 bits per heavy atom. The van der Waals surface area contributed by atoms with Gasteiger partial charge in [-0.15, -0.1) is 0 Å². The van der Waals surface area contributed by atoms with Gasteiger partial charge in [-0.05, 0) is 82.9 Å². The van der Waals surface area contributed by atoms with Crippen LogP contribution in [0.15, 0.2) is 24.3 Å². The minimum atomic E-state index is -0.368. The Kier molecular flexibility index (Phi) is 33.4. The summed E-state index contributed by atoms with van der Waals surface area (Å²) in [6, 6.07) is 6.83. The number of unbranched alkanes of at least 4 members (excludes halogenated alkanes) is 20. The van der Waals surface area contributed by atoms with E-state index in [1.165, 1.54) is 154 Å². The molecule has 1 aromatic rings. The number of esters is 2. The van der Waals surface area contributed by atoms with Gasteiger partial charge in [0.15, 0.2) is 0 Å². The smallest absolute Gasteiger partial charge is 0.338 e. The van der Waals surface area contributed by atoms with Crippen molar-refractivity contribution in [2.75, 3.05) is 52.5 Å². The molecule has 6 nitrogen and oxygen atoms in total. The second-order valence-corrected chi connectivity index (χ2v) is 15.3. The quantitative estimate of drug-likeness (QED) is 0.0499. The van der Waals surface area contributed by atoms with E-state index in [1.54, 1.807) is 24.3 Å². The minimum absolute atomic E-state index is 0.368. The van der Waals surface area contributed by atoms with Crippen molar-refractivity contribution in [3.05, 3.63) is 35.4 Å². The normalized spacial score (nSPS) is 11.5. The summed E-state index contributed by atoms with van der Waals surface area (Å²) in [5.74, 6) is -0.735. The van der Waals surface area contributed by atoms with Crippen molar-refractivity contribution >= 4 is 11.9 Å². The highest BCUT2D eigenvalue weighted by Gasteiger charge is 2.14. The maximum absolute atomic E-state index is 12.9. The molecule has 0 N–H and O–H groups in total. The summed E-state index contributed by atoms with van der Waals surface area (Å²) in [5, 5.41) is 0. The highest BCUT2D eigenvalue weighted by atomic mass is 16.5. The van der Waals surface area contributed by atoms with Crippen LogP contribution in [0.5, 0.6) is 0 Å². The molecule has 302 valence electrons. The molecule has 0 saturated heterocycles. The summed E-state index contributed by atoms with van der Waals surface area (Å²) in [6.07, 6.45) is 33.1. The van der Waals surface area contributed by atoms with Gasteiger partial charge in [0.2, 0.25) is 0 Å². The molecule has 0 aliphatic heterocycles. The summed E-state index contributed by atoms with van der Waals surface area (Å²) in [4.78, 5) is 31.0. The summed E-state index contributed by atoms with van der Waals surface area (Å²) < 4.78 is 11.3. The Labute approximate surface area is 322 Å². The van der Waals surface area contributed by atoms with Gasteiger partial charge < -0.3 is 19.3 Å². The summed E-state index contributed by atoms with van der Waals surface area (Å²) in [5.41, 5.74) is 0.823. The third-order valence-corrected chi connectivity index (χ3v) is 10.3. The lowest BCUT2D eigenvalue weighted by Crippen LogP contribution is -2.28. The molecule has 0 aromatic heterocycles. The summed E-state index contributed by atoms with van der Waals surface area (Å²) in [6.45, 7) is 16.3. The van der Waals surface area contributed by atoms with E-state index < -0.39 is 0 Å². The standard InChI is InChI=1S/C46H84N2O4/c1-5-9-13-17-21-25-34-47(35-26-22-18-14-10-6-2)38-30-40-51-45(49)43-32-29-33-44(42-43)46(50)52-41-31-39-48(36-27-23-19-15-11-7-3)37-28-24-20-16-12-8-4/h29,32-33,42H,5-28,30-31,34-41H2,1-4H3. The highest BCUT2D eigenvalue weighted by molar-refractivity contribution is 5.95. The lowest BCUT2D eigenvalue weighted by Gasteiger charge is -2.22. The maximum atomic E-state index is 12.9. The first kappa shape index (κ1) is 48.1. The molecule has 0 aliphatic carbocycles. The number of nitrogens with zero attached hydrogens (tertiary/aromatic N) is 2. The van der Waals surface area contributed by atoms with Gasteiger partial charge >= 0.3 is 11.9 Å². The molecule has 0 fully saturated rings. The van der Waals surface area contributed by atoms with Crippen molar-refractivity contribution in [1.82, 2.24) is 9.80 Å². The van der Waals surface area contributed by atoms with Gasteiger partial charge in [0.1, 0.15) is 0 Å². The van der Waals surface area contributed by atoms with Crippen molar-refractivity contribution in [2.24, 2.45) is 0 Å². The van der Waals surface area contributed by atoms with E-state index in [0.29, 0.717) is 24.3 Å². The summed E-state index contributed by atoms with van der Waals surface area (Å²) in [7, 11) is 0. The van der Waals surface area contributed by atoms with Crippen LogP contribution in [0.25, 0.3) is 0 Å². The fourth-order valence-electron chi connectivity index (χ4n) is 6.98. The fraction of sp³-hybridized carbons (Fsp3) is 0.826. The molecule has 0 amide bonds. The Hall–Kier alpha value is -1.92. The Morgan fingerprint density at radius 3 is 0.981 bits per heavy atom. The number of carbonyl (C=O) groups excluding carboxylic acids is 2. The van der Waals surface area contributed by atoms with Crippen LogP contribution in [0.1, 0.15) is 215 Å². The second-order valence-electron chi connectivity index (χ2n) is 15.3. The third kappa shape index (κ3) is 27.7. The largest absolute Gasteiger partial charge is 0.462 e. The molecule has 0 atom stereocenters. The van der Waals surface area contributed by atoms with E-state index in [4.69, 9.17) is 9.47 Å². The third-order valence-electron chi connectivity index (χ3n) is 10.3. The molecular formula is C46H84N2O4. The van der Waals surface area contributed by atoms with E-state index in [2.05, 4.69) is 37.5 Å². The summed E-state index contributed by atoms with van der Waals surface area (Å²) >= 11 is 0. The SMILES string of the molecule is CCCCCCCCN(CCCCCCCC)CCCOC(=O)c1cccc(C(=O)OCCCN(CCCCCCCC)CCCCCCCC)c1. The molecular weight excluding hydrogens is 645 g/mol. The molecule has 1 aromatic carbocycles. The molecule has 0 aliphatic rings. The van der Waals surface area contributed by atoms with E-state index in [1.807, 2.05) is 0 Å². The van der Waals surface area contributed by atoms with Gasteiger partial charge in [0.25, 0.3) is 0 Å². The maximum Gasteiger partial charge on any atom is 0.338 e. The van der Waals surface area contributed by atoms with Crippen LogP contribution in [0.3, 0.4) is 0 Å². The second kappa shape index (κ2) is 36.1. The Bertz CT molecular complexity index is 851. The zero-order valence-corrected chi connectivity index (χ0v) is 34.9. The van der Waals surface area contributed by atoms with Gasteiger partial charge in [-0.1, -0.05) is 162 Å². The number of ether oxygens (including phenoxy) is 2. The van der Waals surface area contributed by atoms with Crippen LogP contribution >= 0.6 is 0 Å². The van der Waals surface area contributed by atoms with Crippen LogP contribution in [0.2, 0.25) is 0 Å². The van der Waals surface area contributed by atoms with E-state index in [0.717, 1.165) is 52.1 Å². The number of hydrogen-bond donors (Lipinski definition) is 0. The lowest BCUT2D eigenvalue weighted by molar-refractivity contribution is 0.0486. The van der Waals surface area contributed by atoms with E-state index >= 15 is 0 Å². The molecule has 0 bridgehead atoms. The predicted molar refractivity (Wildman–Crippen MR) is 223 cm³/mol. The minimum Gasteiger partial charge on any atom is -0.462 e. The van der Waals surface area contributed by atoms with Crippen molar-refractivity contribution in [3.63, 3.8) is 0 Å². The topological polar surface area (TPSA) is 59.1 Å². The predicted octanol–water partition coefficient (Wildman–Crippen LogP) is 12.8. The number of benzene rings is 1. The average Bonchev–Trinajstić information content (AvgIpc) is 3.16. The Morgan fingerprint density at radius 2 is 0.673 bits per heavy atom. The van der Waals surface area contributed by atoms with E-state index in [9.17, 15) is 9.59 Å². The van der Waals surface area contributed by atoms with Crippen molar-refractivity contribution in [1.29, 1.82) is 0 Å². The number of carbonyl (C=O) groups is 2. The van der Waals surface area contributed by atoms with Crippen molar-refractivity contribution in [2.45, 2.75) is 195 Å². The number of hydrogen-bond acceptors (Lipinski definition) is 6. The van der Waals surface area contributed by atoms with Crippen LogP contribution in [-0.4, -0.2) is 74.2 Å². The monoisotopic (exact) mass is 729 g/mol. The van der Waals surface area contributed by atoms with Gasteiger partial charge in [-0.3, -0.25) is 0 Å². The molecule has 0 unspecified atom stereocenters. The van der Waals surface area contributed by atoms with Crippen LogP contribution < -0.4 is 0 Å². The molecule has 6 heteroatoms. The van der Waals surface area contributed by atoms with Gasteiger partial charge in [-0.25, -0.2) is 9.59 Å². The highest BCUT2D eigenvalue weighted by Crippen LogP contribution is 2.13. The molecule has 0 radical (unpaired) electrons. The molecule has 1 rings (SSSR count). The van der Waals surface area contributed by atoms with E-state index in [-0.39, 0.29) is 11.9 Å². The zero-order valence-electron chi connectivity index (χ0n) is 34.9. The first-order valence-electron chi connectivity index (χ1n) is 22.4. The van der Waals surface area contributed by atoms with Crippen molar-refractivity contribution < 1.29 is 19.1 Å². The number of rotatable bonds is 38. The average molecular weight is 729 g/mol. The molecule has 0 saturated carbocycles.